The minimum Gasteiger partial charge on any atom is -0.493 e. The number of carbonyl (C=O) groups excluding carboxylic acids is 1. The summed E-state index contributed by atoms with van der Waals surface area (Å²) >= 11 is 0. The Bertz CT molecular complexity index is 1560. The van der Waals surface area contributed by atoms with Gasteiger partial charge in [0.2, 0.25) is 5.88 Å². The van der Waals surface area contributed by atoms with Gasteiger partial charge < -0.3 is 14.2 Å². The van der Waals surface area contributed by atoms with Gasteiger partial charge in [-0.1, -0.05) is 50.2 Å². The van der Waals surface area contributed by atoms with Crippen molar-refractivity contribution in [3.8, 4) is 17.4 Å². The molecule has 37 heavy (non-hydrogen) atoms. The molecule has 0 saturated heterocycles. The maximum absolute atomic E-state index is 13.6. The summed E-state index contributed by atoms with van der Waals surface area (Å²) in [4.78, 5) is 23.2. The number of ether oxygens (including phenoxy) is 3. The van der Waals surface area contributed by atoms with Crippen LogP contribution in [0.15, 0.2) is 66.2 Å². The smallest absolute Gasteiger partial charge is 0.228 e. The van der Waals surface area contributed by atoms with Crippen LogP contribution in [-0.4, -0.2) is 39.6 Å². The Morgan fingerprint density at radius 2 is 1.84 bits per heavy atom. The SMILES string of the molecule is COc1ccc([C@H]2C3=C(CC(C)(C)CC3=O)Oc3ncn4nc(Cc5ccccc5)nc4c32)cc1OC. The number of benzene rings is 2. The molecule has 4 aromatic rings. The summed E-state index contributed by atoms with van der Waals surface area (Å²) in [5.41, 5.74) is 3.81. The maximum Gasteiger partial charge on any atom is 0.228 e. The fourth-order valence-corrected chi connectivity index (χ4v) is 5.41. The Morgan fingerprint density at radius 3 is 2.59 bits per heavy atom. The van der Waals surface area contributed by atoms with E-state index < -0.39 is 5.92 Å². The van der Waals surface area contributed by atoms with Crippen LogP contribution in [0.3, 0.4) is 0 Å². The number of carbonyl (C=O) groups is 1. The first kappa shape index (κ1) is 23.2. The van der Waals surface area contributed by atoms with E-state index in [1.807, 2.05) is 36.4 Å². The average Bonchev–Trinajstić information content (AvgIpc) is 3.29. The average molecular weight is 497 g/mol. The monoisotopic (exact) mass is 496 g/mol. The number of rotatable bonds is 5. The van der Waals surface area contributed by atoms with Gasteiger partial charge in [-0.2, -0.15) is 0 Å². The molecule has 0 bridgehead atoms. The van der Waals surface area contributed by atoms with Crippen molar-refractivity contribution in [3.63, 3.8) is 0 Å². The van der Waals surface area contributed by atoms with Gasteiger partial charge in [0, 0.05) is 24.8 Å². The van der Waals surface area contributed by atoms with Crippen LogP contribution in [-0.2, 0) is 11.2 Å². The molecule has 0 saturated carbocycles. The largest absolute Gasteiger partial charge is 0.493 e. The Hall–Kier alpha value is -4.20. The second-order valence-corrected chi connectivity index (χ2v) is 10.3. The molecule has 2 aliphatic rings. The molecule has 0 fully saturated rings. The van der Waals surface area contributed by atoms with Gasteiger partial charge in [0.05, 0.1) is 25.7 Å². The summed E-state index contributed by atoms with van der Waals surface area (Å²) in [6.45, 7) is 4.17. The van der Waals surface area contributed by atoms with Gasteiger partial charge in [-0.05, 0) is 28.7 Å². The lowest BCUT2D eigenvalue weighted by Crippen LogP contribution is -2.33. The molecule has 188 valence electrons. The van der Waals surface area contributed by atoms with Crippen molar-refractivity contribution in [2.24, 2.45) is 5.41 Å². The van der Waals surface area contributed by atoms with Crippen molar-refractivity contribution in [3.05, 3.63) is 88.7 Å². The van der Waals surface area contributed by atoms with Crippen LogP contribution in [0, 0.1) is 5.41 Å². The highest BCUT2D eigenvalue weighted by Gasteiger charge is 2.44. The van der Waals surface area contributed by atoms with Gasteiger partial charge in [0.1, 0.15) is 12.1 Å². The zero-order valence-corrected chi connectivity index (χ0v) is 21.3. The van der Waals surface area contributed by atoms with Crippen molar-refractivity contribution < 1.29 is 19.0 Å². The molecule has 1 atom stereocenters. The van der Waals surface area contributed by atoms with E-state index >= 15 is 0 Å². The highest BCUT2D eigenvalue weighted by molar-refractivity contribution is 6.00. The van der Waals surface area contributed by atoms with Crippen molar-refractivity contribution >= 4 is 11.4 Å². The fraction of sp³-hybridized carbons (Fsp3) is 0.310. The van der Waals surface area contributed by atoms with Gasteiger partial charge in [-0.3, -0.25) is 4.79 Å². The molecule has 0 spiro atoms. The Balaban J connectivity index is 1.55. The molecule has 1 aliphatic heterocycles. The molecule has 2 aromatic heterocycles. The van der Waals surface area contributed by atoms with E-state index in [0.29, 0.717) is 59.4 Å². The van der Waals surface area contributed by atoms with Crippen LogP contribution in [0.4, 0.5) is 0 Å². The zero-order valence-electron chi connectivity index (χ0n) is 21.3. The first-order valence-corrected chi connectivity index (χ1v) is 12.3. The number of nitrogens with zero attached hydrogens (tertiary/aromatic N) is 4. The van der Waals surface area contributed by atoms with Crippen molar-refractivity contribution in [2.45, 2.75) is 39.0 Å². The van der Waals surface area contributed by atoms with Gasteiger partial charge in [0.25, 0.3) is 0 Å². The molecule has 1 aliphatic carbocycles. The van der Waals surface area contributed by atoms with Crippen molar-refractivity contribution in [1.29, 1.82) is 0 Å². The third kappa shape index (κ3) is 4.02. The molecule has 2 aromatic carbocycles. The number of aromatic nitrogens is 4. The van der Waals surface area contributed by atoms with Crippen molar-refractivity contribution in [1.82, 2.24) is 19.6 Å². The van der Waals surface area contributed by atoms with Crippen LogP contribution in [0.5, 0.6) is 17.4 Å². The lowest BCUT2D eigenvalue weighted by Gasteiger charge is -2.37. The standard InChI is InChI=1S/C29H28N4O4/c1-29(2)14-19(34)25-22(15-29)37-28-26(24(25)18-10-11-20(35-3)21(13-18)36-4)27-31-23(32-33(27)16-30-28)12-17-8-6-5-7-9-17/h5-11,13,16,24H,12,14-15H2,1-4H3/t24-/m0/s1. The van der Waals surface area contributed by atoms with E-state index in [1.54, 1.807) is 25.1 Å². The van der Waals surface area contributed by atoms with Crippen LogP contribution in [0.2, 0.25) is 0 Å². The second-order valence-electron chi connectivity index (χ2n) is 10.3. The van der Waals surface area contributed by atoms with Crippen LogP contribution in [0.25, 0.3) is 5.65 Å². The summed E-state index contributed by atoms with van der Waals surface area (Å²) in [6.07, 6.45) is 3.30. The lowest BCUT2D eigenvalue weighted by atomic mass is 9.70. The van der Waals surface area contributed by atoms with Crippen molar-refractivity contribution in [2.75, 3.05) is 14.2 Å². The zero-order chi connectivity index (χ0) is 25.7. The number of hydrogen-bond donors (Lipinski definition) is 0. The highest BCUT2D eigenvalue weighted by atomic mass is 16.5. The lowest BCUT2D eigenvalue weighted by molar-refractivity contribution is -0.118. The summed E-state index contributed by atoms with van der Waals surface area (Å²) in [6, 6.07) is 15.8. The molecule has 3 heterocycles. The number of Topliss-reactive ketones (excluding diaryl/α,β-unsaturated/α-hetero) is 1. The van der Waals surface area contributed by atoms with E-state index in [4.69, 9.17) is 24.3 Å². The molecule has 8 heteroatoms. The summed E-state index contributed by atoms with van der Waals surface area (Å²) in [5.74, 6) is 2.65. The van der Waals surface area contributed by atoms with E-state index in [9.17, 15) is 4.79 Å². The maximum atomic E-state index is 13.6. The minimum absolute atomic E-state index is 0.0720. The number of methoxy groups -OCH3 is 2. The normalized spacial score (nSPS) is 18.3. The summed E-state index contributed by atoms with van der Waals surface area (Å²) < 4.78 is 19.1. The van der Waals surface area contributed by atoms with E-state index in [0.717, 1.165) is 16.7 Å². The Labute approximate surface area is 214 Å². The highest BCUT2D eigenvalue weighted by Crippen LogP contribution is 2.51. The van der Waals surface area contributed by atoms with Gasteiger partial charge in [0.15, 0.2) is 28.8 Å². The molecule has 8 nitrogen and oxygen atoms in total. The van der Waals surface area contributed by atoms with Crippen LogP contribution < -0.4 is 14.2 Å². The predicted octanol–water partition coefficient (Wildman–Crippen LogP) is 4.90. The Morgan fingerprint density at radius 1 is 1.05 bits per heavy atom. The molecule has 0 unspecified atom stereocenters. The topological polar surface area (TPSA) is 87.8 Å². The number of allylic oxidation sites excluding steroid dienone is 2. The van der Waals surface area contributed by atoms with Crippen LogP contribution >= 0.6 is 0 Å². The Kier molecular flexibility index (Phi) is 5.47. The molecule has 6 rings (SSSR count). The molecular weight excluding hydrogens is 468 g/mol. The van der Waals surface area contributed by atoms with E-state index in [-0.39, 0.29) is 11.2 Å². The second kappa shape index (κ2) is 8.73. The number of fused-ring (bicyclic) bond motifs is 3. The molecule has 0 N–H and O–H groups in total. The molecule has 0 radical (unpaired) electrons. The minimum atomic E-state index is -0.424. The third-order valence-corrected chi connectivity index (χ3v) is 7.05. The third-order valence-electron chi connectivity index (χ3n) is 7.05. The summed E-state index contributed by atoms with van der Waals surface area (Å²) in [7, 11) is 3.21. The quantitative estimate of drug-likeness (QED) is 0.388. The number of ketones is 1. The van der Waals surface area contributed by atoms with Crippen LogP contribution in [0.1, 0.15) is 55.1 Å². The summed E-state index contributed by atoms with van der Waals surface area (Å²) in [5, 5.41) is 4.69. The predicted molar refractivity (Wildman–Crippen MR) is 137 cm³/mol. The van der Waals surface area contributed by atoms with Gasteiger partial charge >= 0.3 is 0 Å². The molecule has 0 amide bonds. The van der Waals surface area contributed by atoms with Gasteiger partial charge in [-0.15, -0.1) is 5.10 Å². The first-order chi connectivity index (χ1) is 17.9. The van der Waals surface area contributed by atoms with E-state index in [1.165, 1.54) is 0 Å². The fourth-order valence-electron chi connectivity index (χ4n) is 5.41. The number of hydrogen-bond acceptors (Lipinski definition) is 7. The van der Waals surface area contributed by atoms with Gasteiger partial charge in [-0.25, -0.2) is 14.5 Å². The van der Waals surface area contributed by atoms with E-state index in [2.05, 4.69) is 31.0 Å². The molecular formula is C29H28N4O4. The first-order valence-electron chi connectivity index (χ1n) is 12.3.